The van der Waals surface area contributed by atoms with Gasteiger partial charge in [-0.15, -0.1) is 0 Å². The Kier molecular flexibility index (Phi) is 12.4. The number of rotatable bonds is 14. The van der Waals surface area contributed by atoms with E-state index in [2.05, 4.69) is 10.6 Å². The molecule has 6 unspecified atom stereocenters. The number of nitrogens with one attached hydrogen (secondary N) is 3. The minimum atomic E-state index is -1.74. The molecule has 0 bridgehead atoms. The fraction of sp³-hybridized carbons (Fsp3) is 0.737. The zero-order chi connectivity index (χ0) is 24.3. The Morgan fingerprint density at radius 3 is 1.74 bits per heavy atom. The number of carboxylic acids is 2. The maximum absolute atomic E-state index is 12.7. The summed E-state index contributed by atoms with van der Waals surface area (Å²) in [5, 5.41) is 34.1. The first kappa shape index (κ1) is 28.3. The highest BCUT2D eigenvalue weighted by molar-refractivity contribution is 5.94. The number of carbonyl (C=O) groups excluding carboxylic acids is 3. The number of carboxylic acid groups (broad SMARTS) is 2. The molecule has 0 aliphatic rings. The average Bonchev–Trinajstić information content (AvgIpc) is 2.72. The van der Waals surface area contributed by atoms with Gasteiger partial charge in [0.05, 0.1) is 19.1 Å². The van der Waals surface area contributed by atoms with E-state index >= 15 is 0 Å². The van der Waals surface area contributed by atoms with E-state index in [9.17, 15) is 29.1 Å². The van der Waals surface area contributed by atoms with Gasteiger partial charge >= 0.3 is 11.9 Å². The van der Waals surface area contributed by atoms with E-state index in [1.54, 1.807) is 20.8 Å². The summed E-state index contributed by atoms with van der Waals surface area (Å²) in [4.78, 5) is 59.3. The van der Waals surface area contributed by atoms with Gasteiger partial charge in [0.2, 0.25) is 17.7 Å². The van der Waals surface area contributed by atoms with Crippen LogP contribution in [0, 0.1) is 11.8 Å². The largest absolute Gasteiger partial charge is 0.481 e. The number of aliphatic hydroxyl groups excluding tert-OH is 1. The van der Waals surface area contributed by atoms with Gasteiger partial charge in [-0.25, -0.2) is 4.79 Å². The third kappa shape index (κ3) is 9.30. The molecule has 12 heteroatoms. The number of carbonyl (C=O) groups is 5. The van der Waals surface area contributed by atoms with Gasteiger partial charge in [0, 0.05) is 0 Å². The topological polar surface area (TPSA) is 208 Å². The molecule has 0 spiro atoms. The number of hydrogen-bond donors (Lipinski definition) is 7. The van der Waals surface area contributed by atoms with E-state index in [4.69, 9.17) is 15.9 Å². The lowest BCUT2D eigenvalue weighted by Gasteiger charge is -2.28. The summed E-state index contributed by atoms with van der Waals surface area (Å²) in [6.07, 6.45) is 0.279. The van der Waals surface area contributed by atoms with E-state index in [1.165, 1.54) is 0 Å². The second-order valence-electron chi connectivity index (χ2n) is 7.52. The first-order valence-corrected chi connectivity index (χ1v) is 10.1. The van der Waals surface area contributed by atoms with E-state index in [-0.39, 0.29) is 11.8 Å². The molecule has 0 saturated carbocycles. The lowest BCUT2D eigenvalue weighted by Crippen LogP contribution is -2.60. The highest BCUT2D eigenvalue weighted by atomic mass is 16.4. The van der Waals surface area contributed by atoms with Crippen molar-refractivity contribution in [3.8, 4) is 0 Å². The Balaban J connectivity index is 5.35. The SMILES string of the molecule is CCC(C)C(N)C(=O)NC(C(=O)NC(CO)C(=O)NC(CC(=O)O)C(=O)O)C(C)CC. The first-order chi connectivity index (χ1) is 14.4. The second kappa shape index (κ2) is 13.5. The Bertz CT molecular complexity index is 657. The third-order valence-corrected chi connectivity index (χ3v) is 5.16. The molecular formula is C19H34N4O8. The van der Waals surface area contributed by atoms with Crippen molar-refractivity contribution in [2.24, 2.45) is 17.6 Å². The van der Waals surface area contributed by atoms with Crippen molar-refractivity contribution in [2.75, 3.05) is 6.61 Å². The highest BCUT2D eigenvalue weighted by Crippen LogP contribution is 2.11. The monoisotopic (exact) mass is 446 g/mol. The first-order valence-electron chi connectivity index (χ1n) is 10.1. The molecule has 0 saturated heterocycles. The Morgan fingerprint density at radius 1 is 0.806 bits per heavy atom. The molecule has 12 nitrogen and oxygen atoms in total. The number of hydrogen-bond acceptors (Lipinski definition) is 7. The summed E-state index contributed by atoms with van der Waals surface area (Å²) < 4.78 is 0. The molecular weight excluding hydrogens is 412 g/mol. The summed E-state index contributed by atoms with van der Waals surface area (Å²) in [5.41, 5.74) is 5.91. The predicted molar refractivity (Wildman–Crippen MR) is 110 cm³/mol. The van der Waals surface area contributed by atoms with Crippen LogP contribution in [0.25, 0.3) is 0 Å². The number of aliphatic carboxylic acids is 2. The molecule has 0 aromatic rings. The quantitative estimate of drug-likeness (QED) is 0.164. The molecule has 0 aliphatic carbocycles. The van der Waals surface area contributed by atoms with Crippen molar-refractivity contribution >= 4 is 29.7 Å². The molecule has 8 N–H and O–H groups in total. The van der Waals surface area contributed by atoms with Crippen LogP contribution >= 0.6 is 0 Å². The van der Waals surface area contributed by atoms with E-state index in [0.29, 0.717) is 12.8 Å². The van der Waals surface area contributed by atoms with Crippen molar-refractivity contribution in [3.63, 3.8) is 0 Å². The van der Waals surface area contributed by atoms with Crippen molar-refractivity contribution in [3.05, 3.63) is 0 Å². The van der Waals surface area contributed by atoms with E-state index < -0.39 is 66.9 Å². The van der Waals surface area contributed by atoms with Crippen LogP contribution in [0.3, 0.4) is 0 Å². The molecule has 0 fully saturated rings. The van der Waals surface area contributed by atoms with Gasteiger partial charge in [-0.2, -0.15) is 0 Å². The van der Waals surface area contributed by atoms with E-state index in [0.717, 1.165) is 0 Å². The summed E-state index contributed by atoms with van der Waals surface area (Å²) in [5.74, 6) is -5.87. The van der Waals surface area contributed by atoms with Gasteiger partial charge in [0.15, 0.2) is 0 Å². The maximum Gasteiger partial charge on any atom is 0.326 e. The molecule has 31 heavy (non-hydrogen) atoms. The molecule has 0 radical (unpaired) electrons. The van der Waals surface area contributed by atoms with Crippen LogP contribution < -0.4 is 21.7 Å². The van der Waals surface area contributed by atoms with Gasteiger partial charge in [-0.3, -0.25) is 19.2 Å². The van der Waals surface area contributed by atoms with Gasteiger partial charge in [0.1, 0.15) is 18.1 Å². The fourth-order valence-electron chi connectivity index (χ4n) is 2.57. The summed E-state index contributed by atoms with van der Waals surface area (Å²) in [6.45, 7) is 6.30. The Hall–Kier alpha value is -2.73. The van der Waals surface area contributed by atoms with Gasteiger partial charge < -0.3 is 37.0 Å². The Labute approximate surface area is 180 Å². The van der Waals surface area contributed by atoms with Crippen LogP contribution in [0.4, 0.5) is 0 Å². The molecule has 0 heterocycles. The third-order valence-electron chi connectivity index (χ3n) is 5.16. The second-order valence-corrected chi connectivity index (χ2v) is 7.52. The van der Waals surface area contributed by atoms with E-state index in [1.807, 2.05) is 12.2 Å². The van der Waals surface area contributed by atoms with Crippen molar-refractivity contribution in [2.45, 2.75) is 71.1 Å². The Morgan fingerprint density at radius 2 is 1.32 bits per heavy atom. The molecule has 178 valence electrons. The fourth-order valence-corrected chi connectivity index (χ4v) is 2.57. The van der Waals surface area contributed by atoms with Crippen LogP contribution in [-0.4, -0.2) is 75.8 Å². The van der Waals surface area contributed by atoms with Crippen LogP contribution in [0.2, 0.25) is 0 Å². The smallest absolute Gasteiger partial charge is 0.326 e. The summed E-state index contributed by atoms with van der Waals surface area (Å²) in [7, 11) is 0. The molecule has 0 rings (SSSR count). The average molecular weight is 447 g/mol. The summed E-state index contributed by atoms with van der Waals surface area (Å²) >= 11 is 0. The zero-order valence-corrected chi connectivity index (χ0v) is 18.3. The predicted octanol–water partition coefficient (Wildman–Crippen LogP) is -1.59. The highest BCUT2D eigenvalue weighted by Gasteiger charge is 2.33. The molecule has 3 amide bonds. The normalized spacial score (nSPS) is 16.7. The van der Waals surface area contributed by atoms with Crippen LogP contribution in [0.1, 0.15) is 47.0 Å². The van der Waals surface area contributed by atoms with Gasteiger partial charge in [0.25, 0.3) is 0 Å². The summed E-state index contributed by atoms with van der Waals surface area (Å²) in [6, 6.07) is -5.18. The van der Waals surface area contributed by atoms with Crippen molar-refractivity contribution in [1.82, 2.24) is 16.0 Å². The molecule has 0 aliphatic heterocycles. The molecule has 6 atom stereocenters. The van der Waals surface area contributed by atoms with Crippen molar-refractivity contribution in [1.29, 1.82) is 0 Å². The minimum absolute atomic E-state index is 0.126. The maximum atomic E-state index is 12.7. The number of nitrogens with two attached hydrogens (primary N) is 1. The van der Waals surface area contributed by atoms with Crippen LogP contribution in [-0.2, 0) is 24.0 Å². The van der Waals surface area contributed by atoms with Crippen molar-refractivity contribution < 1.29 is 39.3 Å². The standard InChI is InChI=1S/C19H34N4O8/c1-5-9(3)14(20)17(28)23-15(10(4)6-2)18(29)22-12(8-24)16(27)21-11(19(30)31)7-13(25)26/h9-12,14-15,24H,5-8,20H2,1-4H3,(H,21,27)(H,22,29)(H,23,28)(H,25,26)(H,30,31). The van der Waals surface area contributed by atoms with Crippen LogP contribution in [0.15, 0.2) is 0 Å². The molecule has 0 aromatic heterocycles. The zero-order valence-electron chi connectivity index (χ0n) is 18.3. The number of amides is 3. The van der Waals surface area contributed by atoms with Gasteiger partial charge in [-0.1, -0.05) is 40.5 Å². The minimum Gasteiger partial charge on any atom is -0.481 e. The number of aliphatic hydroxyl groups is 1. The molecule has 0 aromatic carbocycles. The lowest BCUT2D eigenvalue weighted by atomic mass is 9.95. The van der Waals surface area contributed by atoms with Crippen LogP contribution in [0.5, 0.6) is 0 Å². The van der Waals surface area contributed by atoms with Gasteiger partial charge in [-0.05, 0) is 11.8 Å². The lowest BCUT2D eigenvalue weighted by molar-refractivity contribution is -0.147.